The van der Waals surface area contributed by atoms with Gasteiger partial charge in [0, 0.05) is 11.6 Å². The van der Waals surface area contributed by atoms with E-state index in [0.717, 1.165) is 51.4 Å². The topological polar surface area (TPSA) is 32.3 Å². The highest BCUT2D eigenvalue weighted by Crippen LogP contribution is 2.54. The van der Waals surface area contributed by atoms with Gasteiger partial charge in [-0.05, 0) is 74.3 Å². The SMILES string of the molecule is CC(C)(C)CCN1CCC2(CC1)CC2NC(=O)c1cc(F)cc(C(F)(F)F)c1. The molecule has 2 aliphatic rings. The molecule has 7 heteroatoms. The lowest BCUT2D eigenvalue weighted by Gasteiger charge is -2.34. The molecule has 1 aliphatic heterocycles. The first kappa shape index (κ1) is 21.1. The van der Waals surface area contributed by atoms with Crippen molar-refractivity contribution in [3.8, 4) is 0 Å². The predicted molar refractivity (Wildman–Crippen MR) is 99.5 cm³/mol. The summed E-state index contributed by atoms with van der Waals surface area (Å²) in [6.07, 6.45) is -0.773. The van der Waals surface area contributed by atoms with E-state index in [1.165, 1.54) is 0 Å². The molecule has 28 heavy (non-hydrogen) atoms. The van der Waals surface area contributed by atoms with E-state index in [1.807, 2.05) is 0 Å². The van der Waals surface area contributed by atoms with Gasteiger partial charge in [0.2, 0.25) is 0 Å². The average Bonchev–Trinajstić information content (AvgIpc) is 3.23. The number of hydrogen-bond donors (Lipinski definition) is 1. The van der Waals surface area contributed by atoms with Gasteiger partial charge in [0.05, 0.1) is 5.56 Å². The van der Waals surface area contributed by atoms with Crippen molar-refractivity contribution in [2.24, 2.45) is 10.8 Å². The lowest BCUT2D eigenvalue weighted by Crippen LogP contribution is -2.39. The van der Waals surface area contributed by atoms with Crippen LogP contribution >= 0.6 is 0 Å². The molecule has 156 valence electrons. The first-order valence-electron chi connectivity index (χ1n) is 9.79. The Kier molecular flexibility index (Phi) is 5.51. The van der Waals surface area contributed by atoms with E-state index < -0.39 is 23.5 Å². The summed E-state index contributed by atoms with van der Waals surface area (Å²) in [5, 5.41) is 2.82. The molecule has 3 nitrogen and oxygen atoms in total. The van der Waals surface area contributed by atoms with Gasteiger partial charge in [-0.3, -0.25) is 4.79 Å². The standard InChI is InChI=1S/C21H28F4N2O/c1-19(2,3)4-7-27-8-5-20(6-9-27)13-17(20)26-18(28)14-10-15(21(23,24)25)12-16(22)11-14/h10-12,17H,4-9,13H2,1-3H3,(H,26,28). The maximum absolute atomic E-state index is 13.5. The number of hydrogen-bond acceptors (Lipinski definition) is 2. The summed E-state index contributed by atoms with van der Waals surface area (Å²) in [4.78, 5) is 14.8. The second-order valence-corrected chi connectivity index (χ2v) is 9.47. The van der Waals surface area contributed by atoms with Crippen LogP contribution in [-0.2, 0) is 6.18 Å². The molecule has 1 aliphatic carbocycles. The summed E-state index contributed by atoms with van der Waals surface area (Å²) in [5.74, 6) is -1.69. The highest BCUT2D eigenvalue weighted by molar-refractivity contribution is 5.95. The van der Waals surface area contributed by atoms with Crippen LogP contribution in [0.5, 0.6) is 0 Å². The minimum absolute atomic E-state index is 0.0395. The second kappa shape index (κ2) is 7.32. The number of nitrogens with zero attached hydrogens (tertiary/aromatic N) is 1. The molecule has 1 aromatic rings. The maximum atomic E-state index is 13.5. The number of carbonyl (C=O) groups excluding carboxylic acids is 1. The average molecular weight is 400 g/mol. The van der Waals surface area contributed by atoms with Crippen LogP contribution in [0.3, 0.4) is 0 Å². The number of halogens is 4. The molecule has 1 unspecified atom stereocenters. The second-order valence-electron chi connectivity index (χ2n) is 9.47. The number of benzene rings is 1. The number of likely N-dealkylation sites (tertiary alicyclic amines) is 1. The van der Waals surface area contributed by atoms with E-state index >= 15 is 0 Å². The van der Waals surface area contributed by atoms with Gasteiger partial charge < -0.3 is 10.2 Å². The van der Waals surface area contributed by atoms with Crippen molar-refractivity contribution in [2.45, 2.75) is 58.7 Å². The van der Waals surface area contributed by atoms with Crippen molar-refractivity contribution in [3.05, 3.63) is 35.1 Å². The highest BCUT2D eigenvalue weighted by atomic mass is 19.4. The van der Waals surface area contributed by atoms with Crippen molar-refractivity contribution < 1.29 is 22.4 Å². The van der Waals surface area contributed by atoms with Gasteiger partial charge in [-0.15, -0.1) is 0 Å². The minimum atomic E-state index is -4.68. The van der Waals surface area contributed by atoms with Crippen molar-refractivity contribution in [1.29, 1.82) is 0 Å². The van der Waals surface area contributed by atoms with Crippen LogP contribution < -0.4 is 5.32 Å². The van der Waals surface area contributed by atoms with E-state index in [1.54, 1.807) is 0 Å². The summed E-state index contributed by atoms with van der Waals surface area (Å²) >= 11 is 0. The molecular formula is C21H28F4N2O. The molecule has 1 spiro atoms. The number of rotatable bonds is 4. The Morgan fingerprint density at radius 2 is 1.82 bits per heavy atom. The highest BCUT2D eigenvalue weighted by Gasteiger charge is 2.55. The first-order valence-corrected chi connectivity index (χ1v) is 9.79. The van der Waals surface area contributed by atoms with E-state index in [4.69, 9.17) is 0 Å². The quantitative estimate of drug-likeness (QED) is 0.732. The van der Waals surface area contributed by atoms with Crippen molar-refractivity contribution in [1.82, 2.24) is 10.2 Å². The summed E-state index contributed by atoms with van der Waals surface area (Å²) in [5.41, 5.74) is -1.08. The normalized spacial score (nSPS) is 22.3. The molecule has 1 amide bonds. The Hall–Kier alpha value is -1.63. The molecule has 1 heterocycles. The van der Waals surface area contributed by atoms with Gasteiger partial charge in [0.1, 0.15) is 5.82 Å². The van der Waals surface area contributed by atoms with E-state index in [0.29, 0.717) is 17.5 Å². The molecule has 2 fully saturated rings. The number of alkyl halides is 3. The summed E-state index contributed by atoms with van der Waals surface area (Å²) in [6.45, 7) is 9.67. The van der Waals surface area contributed by atoms with Crippen molar-refractivity contribution in [2.75, 3.05) is 19.6 Å². The lowest BCUT2D eigenvalue weighted by molar-refractivity contribution is -0.137. The lowest BCUT2D eigenvalue weighted by atomic mass is 9.89. The molecule has 1 aromatic carbocycles. The zero-order valence-electron chi connectivity index (χ0n) is 16.6. The number of nitrogens with one attached hydrogen (secondary N) is 1. The van der Waals surface area contributed by atoms with Crippen LogP contribution in [0.2, 0.25) is 0 Å². The predicted octanol–water partition coefficient (Wildman–Crippen LogP) is 4.87. The van der Waals surface area contributed by atoms with Crippen LogP contribution in [0.4, 0.5) is 17.6 Å². The van der Waals surface area contributed by atoms with E-state index in [2.05, 4.69) is 31.0 Å². The fraction of sp³-hybridized carbons (Fsp3) is 0.667. The Balaban J connectivity index is 1.55. The molecular weight excluding hydrogens is 372 g/mol. The third-order valence-electron chi connectivity index (χ3n) is 6.01. The fourth-order valence-electron chi connectivity index (χ4n) is 3.95. The fourth-order valence-corrected chi connectivity index (χ4v) is 3.95. The smallest absolute Gasteiger partial charge is 0.349 e. The first-order chi connectivity index (χ1) is 12.9. The third-order valence-corrected chi connectivity index (χ3v) is 6.01. The van der Waals surface area contributed by atoms with E-state index in [-0.39, 0.29) is 17.0 Å². The maximum Gasteiger partial charge on any atom is 0.416 e. The monoisotopic (exact) mass is 400 g/mol. The van der Waals surface area contributed by atoms with Gasteiger partial charge in [0.25, 0.3) is 5.91 Å². The van der Waals surface area contributed by atoms with Gasteiger partial charge in [-0.25, -0.2) is 4.39 Å². The molecule has 0 radical (unpaired) electrons. The Morgan fingerprint density at radius 3 is 2.39 bits per heavy atom. The van der Waals surface area contributed by atoms with Crippen LogP contribution in [-0.4, -0.2) is 36.5 Å². The number of piperidine rings is 1. The Morgan fingerprint density at radius 1 is 1.18 bits per heavy atom. The molecule has 1 saturated carbocycles. The van der Waals surface area contributed by atoms with Crippen LogP contribution in [0.15, 0.2) is 18.2 Å². The zero-order valence-corrected chi connectivity index (χ0v) is 16.6. The van der Waals surface area contributed by atoms with Crippen molar-refractivity contribution in [3.63, 3.8) is 0 Å². The van der Waals surface area contributed by atoms with Gasteiger partial charge in [-0.2, -0.15) is 13.2 Å². The molecule has 1 N–H and O–H groups in total. The molecule has 3 rings (SSSR count). The molecule has 0 aromatic heterocycles. The van der Waals surface area contributed by atoms with Gasteiger partial charge in [-0.1, -0.05) is 20.8 Å². The van der Waals surface area contributed by atoms with E-state index in [9.17, 15) is 22.4 Å². The van der Waals surface area contributed by atoms with Crippen molar-refractivity contribution >= 4 is 5.91 Å². The van der Waals surface area contributed by atoms with Crippen LogP contribution in [0.1, 0.15) is 62.4 Å². The van der Waals surface area contributed by atoms with Crippen LogP contribution in [0, 0.1) is 16.6 Å². The zero-order chi connectivity index (χ0) is 20.7. The number of carbonyl (C=O) groups is 1. The Bertz CT molecular complexity index is 731. The molecule has 1 saturated heterocycles. The summed E-state index contributed by atoms with van der Waals surface area (Å²) < 4.78 is 52.1. The van der Waals surface area contributed by atoms with Gasteiger partial charge in [0.15, 0.2) is 0 Å². The molecule has 0 bridgehead atoms. The Labute approximate surface area is 163 Å². The largest absolute Gasteiger partial charge is 0.416 e. The van der Waals surface area contributed by atoms with Gasteiger partial charge >= 0.3 is 6.18 Å². The number of amides is 1. The summed E-state index contributed by atoms with van der Waals surface area (Å²) in [6, 6.07) is 1.93. The minimum Gasteiger partial charge on any atom is -0.349 e. The third kappa shape index (κ3) is 5.04. The van der Waals surface area contributed by atoms with Crippen LogP contribution in [0.25, 0.3) is 0 Å². The summed E-state index contributed by atoms with van der Waals surface area (Å²) in [7, 11) is 0. The molecule has 1 atom stereocenters.